The summed E-state index contributed by atoms with van der Waals surface area (Å²) in [5, 5.41) is 1.48. The average molecular weight is 260 g/mol. The first-order valence-corrected chi connectivity index (χ1v) is 6.50. The van der Waals surface area contributed by atoms with E-state index in [2.05, 4.69) is 28.1 Å². The molecule has 0 saturated heterocycles. The normalized spacial score (nSPS) is 9.93. The smallest absolute Gasteiger partial charge is 0.196 e. The van der Waals surface area contributed by atoms with Crippen LogP contribution in [-0.4, -0.2) is 26.5 Å². The summed E-state index contributed by atoms with van der Waals surface area (Å²) in [7, 11) is 0. The second-order valence-corrected chi connectivity index (χ2v) is 4.68. The molecule has 0 aliphatic carbocycles. The highest BCUT2D eigenvalue weighted by atomic mass is 35.5. The molecular weight excluding hydrogens is 250 g/mol. The predicted octanol–water partition coefficient (Wildman–Crippen LogP) is 3.08. The van der Waals surface area contributed by atoms with Crippen molar-refractivity contribution in [1.82, 2.24) is 15.0 Å². The van der Waals surface area contributed by atoms with Crippen molar-refractivity contribution >= 4 is 35.1 Å². The van der Waals surface area contributed by atoms with Gasteiger partial charge < -0.3 is 0 Å². The molecule has 0 unspecified atom stereocenters. The lowest BCUT2D eigenvalue weighted by molar-refractivity contribution is 0.803. The molecule has 0 bridgehead atoms. The van der Waals surface area contributed by atoms with Gasteiger partial charge in [0.1, 0.15) is 0 Å². The molecule has 0 aliphatic heterocycles. The van der Waals surface area contributed by atoms with Crippen molar-refractivity contribution in [3.8, 4) is 0 Å². The van der Waals surface area contributed by atoms with Crippen molar-refractivity contribution < 1.29 is 0 Å². The molecule has 0 radical (unpaired) electrons. The molecule has 0 spiro atoms. The molecule has 0 fully saturated rings. The van der Waals surface area contributed by atoms with Crippen molar-refractivity contribution in [3.05, 3.63) is 30.6 Å². The van der Waals surface area contributed by atoms with E-state index in [0.717, 1.165) is 11.5 Å². The molecule has 1 rings (SSSR count). The van der Waals surface area contributed by atoms with Gasteiger partial charge in [0.25, 0.3) is 0 Å². The maximum absolute atomic E-state index is 5.77. The number of rotatable bonds is 6. The van der Waals surface area contributed by atoms with Gasteiger partial charge in [-0.2, -0.15) is 15.0 Å². The topological polar surface area (TPSA) is 38.7 Å². The summed E-state index contributed by atoms with van der Waals surface area (Å²) in [6, 6.07) is 0. The average Bonchev–Trinajstić information content (AvgIpc) is 2.23. The summed E-state index contributed by atoms with van der Waals surface area (Å²) in [4.78, 5) is 12.2. The second kappa shape index (κ2) is 6.87. The Morgan fingerprint density at radius 3 is 1.87 bits per heavy atom. The van der Waals surface area contributed by atoms with Crippen LogP contribution in [0.3, 0.4) is 0 Å². The molecule has 0 aromatic carbocycles. The summed E-state index contributed by atoms with van der Waals surface area (Å²) in [5.74, 6) is 1.51. The Hall–Kier alpha value is -0.520. The standard InChI is InChI=1S/C9H10ClN3S2/c1-3-5-14-8-11-7(10)12-9(13-8)15-6-4-2/h3-4H,1-2,5-6H2. The van der Waals surface area contributed by atoms with Crippen LogP contribution in [0.15, 0.2) is 35.6 Å². The van der Waals surface area contributed by atoms with Gasteiger partial charge >= 0.3 is 0 Å². The third-order valence-electron chi connectivity index (χ3n) is 1.23. The molecule has 1 aromatic heterocycles. The number of aromatic nitrogens is 3. The summed E-state index contributed by atoms with van der Waals surface area (Å²) in [6.45, 7) is 7.25. The zero-order chi connectivity index (χ0) is 11.1. The van der Waals surface area contributed by atoms with E-state index in [-0.39, 0.29) is 5.28 Å². The van der Waals surface area contributed by atoms with Crippen LogP contribution in [0.1, 0.15) is 0 Å². The Labute approximate surface area is 102 Å². The van der Waals surface area contributed by atoms with Gasteiger partial charge in [-0.25, -0.2) is 0 Å². The van der Waals surface area contributed by atoms with Crippen molar-refractivity contribution in [1.29, 1.82) is 0 Å². The first-order chi connectivity index (χ1) is 7.26. The molecular formula is C9H10ClN3S2. The monoisotopic (exact) mass is 259 g/mol. The summed E-state index contributed by atoms with van der Waals surface area (Å²) in [5.41, 5.74) is 0. The highest BCUT2D eigenvalue weighted by molar-refractivity contribution is 7.99. The van der Waals surface area contributed by atoms with E-state index in [4.69, 9.17) is 11.6 Å². The van der Waals surface area contributed by atoms with Gasteiger partial charge in [0.2, 0.25) is 5.28 Å². The van der Waals surface area contributed by atoms with Crippen LogP contribution in [0.5, 0.6) is 0 Å². The van der Waals surface area contributed by atoms with Crippen molar-refractivity contribution in [2.45, 2.75) is 10.3 Å². The van der Waals surface area contributed by atoms with Gasteiger partial charge in [0, 0.05) is 11.5 Å². The van der Waals surface area contributed by atoms with Crippen molar-refractivity contribution in [2.24, 2.45) is 0 Å². The largest absolute Gasteiger partial charge is 0.227 e. The molecule has 1 aromatic rings. The van der Waals surface area contributed by atoms with Gasteiger partial charge in [-0.15, -0.1) is 13.2 Å². The quantitative estimate of drug-likeness (QED) is 0.580. The predicted molar refractivity (Wildman–Crippen MR) is 66.7 cm³/mol. The van der Waals surface area contributed by atoms with Crippen LogP contribution in [0, 0.1) is 0 Å². The Bertz CT molecular complexity index is 327. The zero-order valence-electron chi connectivity index (χ0n) is 8.02. The second-order valence-electron chi connectivity index (χ2n) is 2.37. The summed E-state index contributed by atoms with van der Waals surface area (Å²) >= 11 is 8.72. The van der Waals surface area contributed by atoms with Crippen LogP contribution in [0.2, 0.25) is 5.28 Å². The number of halogens is 1. The molecule has 80 valence electrons. The Morgan fingerprint density at radius 2 is 1.47 bits per heavy atom. The highest BCUT2D eigenvalue weighted by Gasteiger charge is 2.04. The first kappa shape index (κ1) is 12.5. The van der Waals surface area contributed by atoms with Crippen molar-refractivity contribution in [2.75, 3.05) is 11.5 Å². The van der Waals surface area contributed by atoms with Gasteiger partial charge in [-0.3, -0.25) is 0 Å². The number of thioether (sulfide) groups is 2. The lowest BCUT2D eigenvalue weighted by Crippen LogP contribution is -1.95. The Balaban J connectivity index is 2.74. The fraction of sp³-hybridized carbons (Fsp3) is 0.222. The van der Waals surface area contributed by atoms with Gasteiger partial charge in [0.15, 0.2) is 10.3 Å². The van der Waals surface area contributed by atoms with E-state index in [1.807, 2.05) is 0 Å². The van der Waals surface area contributed by atoms with Gasteiger partial charge in [-0.05, 0) is 11.6 Å². The minimum absolute atomic E-state index is 0.225. The molecule has 3 nitrogen and oxygen atoms in total. The number of nitrogens with zero attached hydrogens (tertiary/aromatic N) is 3. The molecule has 0 saturated carbocycles. The minimum atomic E-state index is 0.225. The van der Waals surface area contributed by atoms with E-state index in [0.29, 0.717) is 10.3 Å². The third-order valence-corrected chi connectivity index (χ3v) is 3.08. The molecule has 0 N–H and O–H groups in total. The molecule has 6 heteroatoms. The molecule has 0 amide bonds. The minimum Gasteiger partial charge on any atom is -0.196 e. The van der Waals surface area contributed by atoms with Crippen LogP contribution in [-0.2, 0) is 0 Å². The maximum atomic E-state index is 5.77. The number of hydrogen-bond acceptors (Lipinski definition) is 5. The lowest BCUT2D eigenvalue weighted by Gasteiger charge is -2.00. The SMILES string of the molecule is C=CCSc1nc(Cl)nc(SCC=C)n1. The summed E-state index contributed by atoms with van der Waals surface area (Å²) in [6.07, 6.45) is 3.58. The summed E-state index contributed by atoms with van der Waals surface area (Å²) < 4.78 is 0. The fourth-order valence-corrected chi connectivity index (χ4v) is 2.17. The van der Waals surface area contributed by atoms with Crippen LogP contribution >= 0.6 is 35.1 Å². The lowest BCUT2D eigenvalue weighted by atomic mass is 10.8. The van der Waals surface area contributed by atoms with E-state index in [9.17, 15) is 0 Å². The Morgan fingerprint density at radius 1 is 1.00 bits per heavy atom. The third kappa shape index (κ3) is 4.68. The molecule has 0 aliphatic rings. The van der Waals surface area contributed by atoms with E-state index in [1.165, 1.54) is 23.5 Å². The highest BCUT2D eigenvalue weighted by Crippen LogP contribution is 2.19. The fourth-order valence-electron chi connectivity index (χ4n) is 0.711. The van der Waals surface area contributed by atoms with Crippen LogP contribution < -0.4 is 0 Å². The van der Waals surface area contributed by atoms with E-state index >= 15 is 0 Å². The molecule has 1 heterocycles. The van der Waals surface area contributed by atoms with Crippen molar-refractivity contribution in [3.63, 3.8) is 0 Å². The van der Waals surface area contributed by atoms with E-state index in [1.54, 1.807) is 12.2 Å². The molecule has 15 heavy (non-hydrogen) atoms. The molecule has 0 atom stereocenters. The number of hydrogen-bond donors (Lipinski definition) is 0. The maximum Gasteiger partial charge on any atom is 0.227 e. The first-order valence-electron chi connectivity index (χ1n) is 4.15. The Kier molecular flexibility index (Phi) is 5.75. The van der Waals surface area contributed by atoms with Crippen LogP contribution in [0.4, 0.5) is 0 Å². The van der Waals surface area contributed by atoms with Crippen LogP contribution in [0.25, 0.3) is 0 Å². The van der Waals surface area contributed by atoms with E-state index < -0.39 is 0 Å². The zero-order valence-corrected chi connectivity index (χ0v) is 10.4. The van der Waals surface area contributed by atoms with Gasteiger partial charge in [-0.1, -0.05) is 35.7 Å². The van der Waals surface area contributed by atoms with Gasteiger partial charge in [0.05, 0.1) is 0 Å².